The molecule has 0 spiro atoms. The number of nitrogens with zero attached hydrogens (tertiary/aromatic N) is 2. The van der Waals surface area contributed by atoms with E-state index in [4.69, 9.17) is 9.72 Å². The standard InChI is InChI=1S/C30H34FN3O5/c1-5-30(38)20-10-24-27-18(12-34(24)28(36)19(20)13-39-29(30)37)25-17(22(8-9-35)32-14(2)3)7-6-16-15(4)21(31)11-23(33-27)26(16)25/h10-11,14,17,22,32,35,38H,5-9,12-13H2,1-4H3/t17-,22+,30+/m1/s1. The molecule has 4 heterocycles. The molecule has 0 bridgehead atoms. The molecule has 1 aromatic carbocycles. The van der Waals surface area contributed by atoms with Gasteiger partial charge in [-0.1, -0.05) is 20.8 Å². The minimum Gasteiger partial charge on any atom is -0.458 e. The Hall–Kier alpha value is -3.14. The zero-order valence-electron chi connectivity index (χ0n) is 22.7. The average molecular weight is 536 g/mol. The lowest BCUT2D eigenvalue weighted by Gasteiger charge is -2.35. The van der Waals surface area contributed by atoms with Crippen molar-refractivity contribution in [3.8, 4) is 11.4 Å². The summed E-state index contributed by atoms with van der Waals surface area (Å²) in [6.45, 7) is 7.75. The number of aromatic nitrogens is 2. The van der Waals surface area contributed by atoms with Crippen molar-refractivity contribution >= 4 is 16.9 Å². The van der Waals surface area contributed by atoms with Gasteiger partial charge in [0.25, 0.3) is 5.56 Å². The lowest BCUT2D eigenvalue weighted by atomic mass is 9.74. The van der Waals surface area contributed by atoms with Gasteiger partial charge in [-0.15, -0.1) is 0 Å². The number of esters is 1. The lowest BCUT2D eigenvalue weighted by Crippen LogP contribution is -2.44. The van der Waals surface area contributed by atoms with Gasteiger partial charge in [0.1, 0.15) is 12.4 Å². The Bertz CT molecular complexity index is 1600. The van der Waals surface area contributed by atoms with Gasteiger partial charge in [0.15, 0.2) is 5.60 Å². The molecule has 3 atom stereocenters. The number of pyridine rings is 2. The van der Waals surface area contributed by atoms with E-state index in [2.05, 4.69) is 19.2 Å². The van der Waals surface area contributed by atoms with Crippen molar-refractivity contribution in [2.24, 2.45) is 0 Å². The van der Waals surface area contributed by atoms with Gasteiger partial charge in [-0.2, -0.15) is 0 Å². The summed E-state index contributed by atoms with van der Waals surface area (Å²) in [5.41, 5.74) is 3.42. The Morgan fingerprint density at radius 1 is 1.26 bits per heavy atom. The first-order valence-corrected chi connectivity index (χ1v) is 13.8. The van der Waals surface area contributed by atoms with E-state index in [-0.39, 0.29) is 66.7 Å². The number of ether oxygens (including phenoxy) is 1. The molecule has 2 aromatic heterocycles. The van der Waals surface area contributed by atoms with Crippen LogP contribution < -0.4 is 10.9 Å². The summed E-state index contributed by atoms with van der Waals surface area (Å²) < 4.78 is 21.9. The molecule has 0 fully saturated rings. The number of hydrogen-bond acceptors (Lipinski definition) is 7. The molecule has 3 aromatic rings. The van der Waals surface area contributed by atoms with Gasteiger partial charge in [-0.25, -0.2) is 14.2 Å². The quantitative estimate of drug-likeness (QED) is 0.325. The first kappa shape index (κ1) is 26.1. The number of nitrogens with one attached hydrogen (secondary N) is 1. The first-order valence-electron chi connectivity index (χ1n) is 13.8. The number of benzene rings is 1. The maximum absolute atomic E-state index is 15.1. The maximum atomic E-state index is 15.1. The first-order chi connectivity index (χ1) is 18.6. The van der Waals surface area contributed by atoms with Crippen molar-refractivity contribution in [1.82, 2.24) is 14.9 Å². The fraction of sp³-hybridized carbons (Fsp3) is 0.500. The van der Waals surface area contributed by atoms with Gasteiger partial charge in [0.2, 0.25) is 0 Å². The number of halogens is 1. The van der Waals surface area contributed by atoms with Crippen LogP contribution in [0.25, 0.3) is 22.3 Å². The highest BCUT2D eigenvalue weighted by atomic mass is 19.1. The highest BCUT2D eigenvalue weighted by molar-refractivity contribution is 5.93. The van der Waals surface area contributed by atoms with Crippen LogP contribution in [0, 0.1) is 12.7 Å². The van der Waals surface area contributed by atoms with E-state index in [1.165, 1.54) is 6.07 Å². The van der Waals surface area contributed by atoms with E-state index >= 15 is 4.39 Å². The summed E-state index contributed by atoms with van der Waals surface area (Å²) in [6.07, 6.45) is 2.09. The van der Waals surface area contributed by atoms with E-state index < -0.39 is 11.6 Å². The number of hydrogen-bond donors (Lipinski definition) is 3. The number of aliphatic hydroxyl groups excluding tert-OH is 1. The molecule has 8 nitrogen and oxygen atoms in total. The topological polar surface area (TPSA) is 114 Å². The predicted octanol–water partition coefficient (Wildman–Crippen LogP) is 3.31. The van der Waals surface area contributed by atoms with Crippen molar-refractivity contribution in [2.75, 3.05) is 6.61 Å². The molecular weight excluding hydrogens is 501 g/mol. The molecule has 6 rings (SSSR count). The van der Waals surface area contributed by atoms with Crippen molar-refractivity contribution in [1.29, 1.82) is 0 Å². The van der Waals surface area contributed by atoms with Crippen LogP contribution in [-0.4, -0.2) is 44.4 Å². The summed E-state index contributed by atoms with van der Waals surface area (Å²) in [4.78, 5) is 31.2. The van der Waals surface area contributed by atoms with Crippen LogP contribution in [0.3, 0.4) is 0 Å². The molecule has 3 aliphatic rings. The van der Waals surface area contributed by atoms with E-state index in [0.29, 0.717) is 35.3 Å². The largest absolute Gasteiger partial charge is 0.458 e. The van der Waals surface area contributed by atoms with Gasteiger partial charge < -0.3 is 24.8 Å². The third kappa shape index (κ3) is 3.70. The van der Waals surface area contributed by atoms with Crippen molar-refractivity contribution in [3.05, 3.63) is 61.7 Å². The number of carbonyl (C=O) groups excluding carboxylic acids is 1. The summed E-state index contributed by atoms with van der Waals surface area (Å²) in [5, 5.41) is 25.7. The monoisotopic (exact) mass is 535 g/mol. The Labute approximate surface area is 225 Å². The molecule has 1 aliphatic carbocycles. The molecule has 2 aliphatic heterocycles. The molecule has 0 saturated heterocycles. The second kappa shape index (κ2) is 9.21. The van der Waals surface area contributed by atoms with Gasteiger partial charge in [-0.05, 0) is 55.4 Å². The third-order valence-electron chi connectivity index (χ3n) is 8.90. The summed E-state index contributed by atoms with van der Waals surface area (Å²) in [6, 6.07) is 3.34. The van der Waals surface area contributed by atoms with E-state index in [0.717, 1.165) is 28.5 Å². The maximum Gasteiger partial charge on any atom is 0.343 e. The highest BCUT2D eigenvalue weighted by Crippen LogP contribution is 2.47. The van der Waals surface area contributed by atoms with Crippen LogP contribution in [0.5, 0.6) is 0 Å². The van der Waals surface area contributed by atoms with Crippen LogP contribution in [0.4, 0.5) is 4.39 Å². The Morgan fingerprint density at radius 3 is 2.72 bits per heavy atom. The Kier molecular flexibility index (Phi) is 6.17. The smallest absolute Gasteiger partial charge is 0.343 e. The number of fused-ring (bicyclic) bond motifs is 5. The number of rotatable bonds is 6. The number of aryl methyl sites for hydroxylation is 1. The van der Waals surface area contributed by atoms with Gasteiger partial charge >= 0.3 is 5.97 Å². The van der Waals surface area contributed by atoms with Crippen LogP contribution in [0.2, 0.25) is 0 Å². The van der Waals surface area contributed by atoms with E-state index in [1.807, 2.05) is 0 Å². The minimum atomic E-state index is -1.91. The van der Waals surface area contributed by atoms with Crippen LogP contribution in [0.15, 0.2) is 16.9 Å². The average Bonchev–Trinajstić information content (AvgIpc) is 3.28. The van der Waals surface area contributed by atoms with Gasteiger partial charge in [-0.3, -0.25) is 4.79 Å². The summed E-state index contributed by atoms with van der Waals surface area (Å²) in [7, 11) is 0. The fourth-order valence-corrected chi connectivity index (χ4v) is 6.96. The molecule has 0 unspecified atom stereocenters. The Morgan fingerprint density at radius 2 is 2.03 bits per heavy atom. The summed E-state index contributed by atoms with van der Waals surface area (Å²) >= 11 is 0. The molecule has 39 heavy (non-hydrogen) atoms. The van der Waals surface area contributed by atoms with Crippen molar-refractivity contribution in [3.63, 3.8) is 0 Å². The molecule has 0 amide bonds. The predicted molar refractivity (Wildman–Crippen MR) is 144 cm³/mol. The summed E-state index contributed by atoms with van der Waals surface area (Å²) in [5.74, 6) is -1.06. The normalized spacial score (nSPS) is 22.1. The molecule has 9 heteroatoms. The third-order valence-corrected chi connectivity index (χ3v) is 8.90. The number of aliphatic hydroxyl groups is 2. The lowest BCUT2D eigenvalue weighted by molar-refractivity contribution is -0.172. The molecule has 3 N–H and O–H groups in total. The SMILES string of the molecule is CC[C@@]1(O)C(=O)OCc2c1cc1n(c2=O)Cc2c-1nc1cc(F)c(C)c3c1c2[C@@H]([C@H](CCO)NC(C)C)CC3. The zero-order valence-corrected chi connectivity index (χ0v) is 22.7. The van der Waals surface area contributed by atoms with Crippen LogP contribution in [-0.2, 0) is 34.7 Å². The zero-order chi connectivity index (χ0) is 27.8. The second-order valence-corrected chi connectivity index (χ2v) is 11.4. The number of carbonyl (C=O) groups is 1. The van der Waals surface area contributed by atoms with Crippen LogP contribution >= 0.6 is 0 Å². The molecular formula is C30H34FN3O5. The number of cyclic esters (lactones) is 1. The van der Waals surface area contributed by atoms with Crippen molar-refractivity contribution in [2.45, 2.75) is 90.1 Å². The van der Waals surface area contributed by atoms with Gasteiger partial charge in [0.05, 0.1) is 29.0 Å². The van der Waals surface area contributed by atoms with E-state index in [1.54, 1.807) is 24.5 Å². The highest BCUT2D eigenvalue weighted by Gasteiger charge is 2.46. The molecule has 206 valence electrons. The molecule has 0 radical (unpaired) electrons. The van der Waals surface area contributed by atoms with Crippen molar-refractivity contribution < 1.29 is 24.1 Å². The van der Waals surface area contributed by atoms with E-state index in [9.17, 15) is 19.8 Å². The van der Waals surface area contributed by atoms with Crippen LogP contribution in [0.1, 0.15) is 79.3 Å². The van der Waals surface area contributed by atoms with Gasteiger partial charge in [0, 0.05) is 47.2 Å². The fourth-order valence-electron chi connectivity index (χ4n) is 6.96. The minimum absolute atomic E-state index is 0.0203. The molecule has 0 saturated carbocycles. The Balaban J connectivity index is 1.65. The second-order valence-electron chi connectivity index (χ2n) is 11.4.